The molecule has 0 saturated carbocycles. The van der Waals surface area contributed by atoms with Crippen LogP contribution in [-0.4, -0.2) is 25.2 Å². The maximum Gasteiger partial charge on any atom is 0.240 e. The summed E-state index contributed by atoms with van der Waals surface area (Å²) in [4.78, 5) is 0.175. The number of aromatic nitrogens is 2. The van der Waals surface area contributed by atoms with Crippen LogP contribution in [0.2, 0.25) is 5.02 Å². The summed E-state index contributed by atoms with van der Waals surface area (Å²) in [7, 11) is -3.52. The van der Waals surface area contributed by atoms with Crippen LogP contribution in [-0.2, 0) is 16.4 Å². The van der Waals surface area contributed by atoms with Crippen molar-refractivity contribution < 1.29 is 8.42 Å². The van der Waals surface area contributed by atoms with E-state index in [4.69, 9.17) is 17.3 Å². The van der Waals surface area contributed by atoms with Gasteiger partial charge in [0.25, 0.3) is 0 Å². The lowest BCUT2D eigenvalue weighted by Crippen LogP contribution is -2.25. The van der Waals surface area contributed by atoms with Crippen LogP contribution in [0, 0.1) is 0 Å². The number of nitrogens with one attached hydrogen (secondary N) is 1. The van der Waals surface area contributed by atoms with Gasteiger partial charge in [0.15, 0.2) is 0 Å². The fourth-order valence-electron chi connectivity index (χ4n) is 1.36. The van der Waals surface area contributed by atoms with Gasteiger partial charge in [-0.25, -0.2) is 13.1 Å². The predicted octanol–water partition coefficient (Wildman–Crippen LogP) is 1.29. The van der Waals surface area contributed by atoms with E-state index in [1.165, 1.54) is 35.6 Å². The molecule has 0 bridgehead atoms. The van der Waals surface area contributed by atoms with Crippen molar-refractivity contribution in [3.63, 3.8) is 0 Å². The summed E-state index contributed by atoms with van der Waals surface area (Å²) < 4.78 is 26.3. The molecule has 0 saturated heterocycles. The normalized spacial score (nSPS) is 11.6. The SMILES string of the molecule is Nc1nnc(CCNS(=O)(=O)c2ccc(Cl)cc2)s1. The quantitative estimate of drug-likeness (QED) is 0.865. The van der Waals surface area contributed by atoms with E-state index in [-0.39, 0.29) is 11.4 Å². The van der Waals surface area contributed by atoms with Crippen LogP contribution in [0.3, 0.4) is 0 Å². The summed E-state index contributed by atoms with van der Waals surface area (Å²) in [5.41, 5.74) is 5.44. The first-order chi connectivity index (χ1) is 8.97. The maximum absolute atomic E-state index is 11.9. The molecule has 0 amide bonds. The zero-order chi connectivity index (χ0) is 13.9. The Kier molecular flexibility index (Phi) is 4.35. The largest absolute Gasteiger partial charge is 0.374 e. The third-order valence-electron chi connectivity index (χ3n) is 2.24. The van der Waals surface area contributed by atoms with Crippen LogP contribution in [0.15, 0.2) is 29.2 Å². The Morgan fingerprint density at radius 2 is 1.95 bits per heavy atom. The minimum atomic E-state index is -3.52. The van der Waals surface area contributed by atoms with Gasteiger partial charge in [0, 0.05) is 18.0 Å². The predicted molar refractivity (Wildman–Crippen MR) is 74.7 cm³/mol. The molecule has 2 rings (SSSR count). The maximum atomic E-state index is 11.9. The Balaban J connectivity index is 1.96. The van der Waals surface area contributed by atoms with E-state index in [9.17, 15) is 8.42 Å². The average molecular weight is 319 g/mol. The van der Waals surface area contributed by atoms with E-state index < -0.39 is 10.0 Å². The van der Waals surface area contributed by atoms with Crippen molar-refractivity contribution in [3.8, 4) is 0 Å². The molecule has 3 N–H and O–H groups in total. The van der Waals surface area contributed by atoms with E-state index in [2.05, 4.69) is 14.9 Å². The Labute approximate surface area is 119 Å². The highest BCUT2D eigenvalue weighted by Crippen LogP contribution is 2.14. The molecule has 6 nitrogen and oxygen atoms in total. The van der Waals surface area contributed by atoms with Crippen LogP contribution in [0.25, 0.3) is 0 Å². The van der Waals surface area contributed by atoms with Gasteiger partial charge in [0.1, 0.15) is 5.01 Å². The van der Waals surface area contributed by atoms with E-state index in [1.807, 2.05) is 0 Å². The van der Waals surface area contributed by atoms with Crippen molar-refractivity contribution in [1.29, 1.82) is 0 Å². The van der Waals surface area contributed by atoms with Gasteiger partial charge >= 0.3 is 0 Å². The molecular formula is C10H11ClN4O2S2. The molecular weight excluding hydrogens is 308 g/mol. The molecule has 1 aromatic carbocycles. The number of nitrogens with two attached hydrogens (primary N) is 1. The molecule has 1 heterocycles. The smallest absolute Gasteiger partial charge is 0.240 e. The third kappa shape index (κ3) is 3.87. The number of nitrogens with zero attached hydrogens (tertiary/aromatic N) is 2. The molecule has 0 aliphatic rings. The number of nitrogen functional groups attached to an aromatic ring is 1. The summed E-state index contributed by atoms with van der Waals surface area (Å²) >= 11 is 6.95. The topological polar surface area (TPSA) is 98.0 Å². The van der Waals surface area contributed by atoms with Gasteiger partial charge in [-0.15, -0.1) is 10.2 Å². The Bertz CT molecular complexity index is 654. The summed E-state index contributed by atoms with van der Waals surface area (Å²) in [6.45, 7) is 0.236. The van der Waals surface area contributed by atoms with Gasteiger partial charge in [0.2, 0.25) is 15.2 Å². The van der Waals surface area contributed by atoms with E-state index >= 15 is 0 Å². The number of rotatable bonds is 5. The summed E-state index contributed by atoms with van der Waals surface area (Å²) in [6, 6.07) is 5.96. The average Bonchev–Trinajstić information content (AvgIpc) is 2.75. The Morgan fingerprint density at radius 1 is 1.26 bits per heavy atom. The minimum Gasteiger partial charge on any atom is -0.374 e. The molecule has 0 spiro atoms. The molecule has 9 heteroatoms. The number of hydrogen-bond acceptors (Lipinski definition) is 6. The highest BCUT2D eigenvalue weighted by Gasteiger charge is 2.13. The van der Waals surface area contributed by atoms with Crippen LogP contribution in [0.4, 0.5) is 5.13 Å². The third-order valence-corrected chi connectivity index (χ3v) is 4.78. The lowest BCUT2D eigenvalue weighted by atomic mass is 10.4. The van der Waals surface area contributed by atoms with Crippen molar-refractivity contribution in [2.45, 2.75) is 11.3 Å². The van der Waals surface area contributed by atoms with Crippen molar-refractivity contribution in [3.05, 3.63) is 34.3 Å². The van der Waals surface area contributed by atoms with Crippen molar-refractivity contribution in [2.24, 2.45) is 0 Å². The second kappa shape index (κ2) is 5.83. The molecule has 19 heavy (non-hydrogen) atoms. The van der Waals surface area contributed by atoms with Crippen molar-refractivity contribution in [2.75, 3.05) is 12.3 Å². The van der Waals surface area contributed by atoms with Gasteiger partial charge in [-0.05, 0) is 24.3 Å². The second-order valence-electron chi connectivity index (χ2n) is 3.64. The molecule has 0 atom stereocenters. The molecule has 102 valence electrons. The fraction of sp³-hybridized carbons (Fsp3) is 0.200. The molecule has 0 radical (unpaired) electrons. The number of anilines is 1. The number of benzene rings is 1. The zero-order valence-corrected chi connectivity index (χ0v) is 12.1. The van der Waals surface area contributed by atoms with Crippen LogP contribution >= 0.6 is 22.9 Å². The van der Waals surface area contributed by atoms with Gasteiger partial charge in [-0.2, -0.15) is 0 Å². The standard InChI is InChI=1S/C10H11ClN4O2S2/c11-7-1-3-8(4-2-7)19(16,17)13-6-5-9-14-15-10(12)18-9/h1-4,13H,5-6H2,(H2,12,15). The van der Waals surface area contributed by atoms with Crippen molar-refractivity contribution in [1.82, 2.24) is 14.9 Å². The fourth-order valence-corrected chi connectivity index (χ4v) is 3.12. The molecule has 2 aromatic rings. The van der Waals surface area contributed by atoms with Crippen LogP contribution < -0.4 is 10.5 Å². The monoisotopic (exact) mass is 318 g/mol. The number of halogens is 1. The molecule has 0 unspecified atom stereocenters. The van der Waals surface area contributed by atoms with Gasteiger partial charge in [-0.1, -0.05) is 22.9 Å². The van der Waals surface area contributed by atoms with Crippen molar-refractivity contribution >= 4 is 38.1 Å². The Hall–Kier alpha value is -1.22. The summed E-state index contributed by atoms with van der Waals surface area (Å²) in [5, 5.41) is 9.02. The highest BCUT2D eigenvalue weighted by atomic mass is 35.5. The number of sulfonamides is 1. The highest BCUT2D eigenvalue weighted by molar-refractivity contribution is 7.89. The van der Waals surface area contributed by atoms with E-state index in [0.717, 1.165) is 0 Å². The Morgan fingerprint density at radius 3 is 2.53 bits per heavy atom. The molecule has 1 aromatic heterocycles. The van der Waals surface area contributed by atoms with E-state index in [0.29, 0.717) is 21.6 Å². The first kappa shape index (κ1) is 14.2. The number of hydrogen-bond donors (Lipinski definition) is 2. The van der Waals surface area contributed by atoms with Gasteiger partial charge < -0.3 is 5.73 Å². The van der Waals surface area contributed by atoms with E-state index in [1.54, 1.807) is 0 Å². The van der Waals surface area contributed by atoms with Crippen LogP contribution in [0.1, 0.15) is 5.01 Å². The van der Waals surface area contributed by atoms with Gasteiger partial charge in [-0.3, -0.25) is 0 Å². The lowest BCUT2D eigenvalue weighted by molar-refractivity contribution is 0.581. The van der Waals surface area contributed by atoms with Gasteiger partial charge in [0.05, 0.1) is 4.90 Å². The second-order valence-corrected chi connectivity index (χ2v) is 6.93. The summed E-state index contributed by atoms with van der Waals surface area (Å²) in [6.07, 6.45) is 0.446. The molecule has 0 aliphatic carbocycles. The molecule has 0 fully saturated rings. The first-order valence-electron chi connectivity index (χ1n) is 5.30. The minimum absolute atomic E-state index is 0.175. The molecule has 0 aliphatic heterocycles. The van der Waals surface area contributed by atoms with Crippen LogP contribution in [0.5, 0.6) is 0 Å². The first-order valence-corrected chi connectivity index (χ1v) is 7.98. The lowest BCUT2D eigenvalue weighted by Gasteiger charge is -2.05. The zero-order valence-electron chi connectivity index (χ0n) is 9.71. The summed E-state index contributed by atoms with van der Waals surface area (Å²) in [5.74, 6) is 0.